The maximum absolute atomic E-state index is 12.3. The first kappa shape index (κ1) is 15.8. The number of rotatable bonds is 5. The molecule has 3 N–H and O–H groups in total. The lowest BCUT2D eigenvalue weighted by Crippen LogP contribution is -2.49. The van der Waals surface area contributed by atoms with E-state index in [0.29, 0.717) is 18.4 Å². The van der Waals surface area contributed by atoms with Crippen molar-refractivity contribution in [2.75, 3.05) is 0 Å². The topological polar surface area (TPSA) is 55.1 Å². The minimum Gasteiger partial charge on any atom is -0.353 e. The van der Waals surface area contributed by atoms with Gasteiger partial charge in [-0.05, 0) is 38.0 Å². The predicted octanol–water partition coefficient (Wildman–Crippen LogP) is 3.51. The van der Waals surface area contributed by atoms with Crippen LogP contribution in [0, 0.1) is 5.92 Å². The fourth-order valence-corrected chi connectivity index (χ4v) is 4.10. The smallest absolute Gasteiger partial charge is 0.222 e. The van der Waals surface area contributed by atoms with E-state index in [1.54, 1.807) is 0 Å². The van der Waals surface area contributed by atoms with E-state index in [0.717, 1.165) is 19.3 Å². The summed E-state index contributed by atoms with van der Waals surface area (Å²) in [6, 6.07) is 0.370. The molecule has 3 heteroatoms. The van der Waals surface area contributed by atoms with Crippen LogP contribution in [0.15, 0.2) is 0 Å². The van der Waals surface area contributed by atoms with Gasteiger partial charge in [0.15, 0.2) is 0 Å². The van der Waals surface area contributed by atoms with Crippen molar-refractivity contribution in [3.8, 4) is 0 Å². The van der Waals surface area contributed by atoms with Crippen LogP contribution in [0.1, 0.15) is 84.0 Å². The van der Waals surface area contributed by atoms with Crippen LogP contribution in [0.4, 0.5) is 0 Å². The number of nitrogens with one attached hydrogen (secondary N) is 1. The van der Waals surface area contributed by atoms with Gasteiger partial charge in [0.05, 0.1) is 0 Å². The van der Waals surface area contributed by atoms with Crippen molar-refractivity contribution >= 4 is 5.91 Å². The van der Waals surface area contributed by atoms with Gasteiger partial charge in [-0.25, -0.2) is 0 Å². The zero-order valence-corrected chi connectivity index (χ0v) is 13.1. The highest BCUT2D eigenvalue weighted by Gasteiger charge is 2.31. The lowest BCUT2D eigenvalue weighted by molar-refractivity contribution is -0.123. The molecule has 1 atom stereocenters. The van der Waals surface area contributed by atoms with Crippen LogP contribution in [-0.2, 0) is 4.79 Å². The molecule has 2 aliphatic rings. The molecule has 116 valence electrons. The highest BCUT2D eigenvalue weighted by atomic mass is 16.1. The average Bonchev–Trinajstić information content (AvgIpc) is 2.46. The number of hydrogen-bond acceptors (Lipinski definition) is 2. The SMILES string of the molecule is CCC(NC(=O)CC1(N)CCCCC1)C1CCCCC1. The molecule has 2 rings (SSSR count). The second-order valence-corrected chi connectivity index (χ2v) is 7.08. The summed E-state index contributed by atoms with van der Waals surface area (Å²) in [4.78, 5) is 12.3. The molecule has 0 heterocycles. The van der Waals surface area contributed by atoms with Crippen molar-refractivity contribution in [2.24, 2.45) is 11.7 Å². The molecule has 1 unspecified atom stereocenters. The maximum atomic E-state index is 12.3. The molecule has 0 aromatic carbocycles. The van der Waals surface area contributed by atoms with Crippen molar-refractivity contribution in [3.63, 3.8) is 0 Å². The lowest BCUT2D eigenvalue weighted by Gasteiger charge is -2.35. The van der Waals surface area contributed by atoms with Gasteiger partial charge in [0.2, 0.25) is 5.91 Å². The predicted molar refractivity (Wildman–Crippen MR) is 83.4 cm³/mol. The van der Waals surface area contributed by atoms with Crippen molar-refractivity contribution in [1.29, 1.82) is 0 Å². The highest BCUT2D eigenvalue weighted by Crippen LogP contribution is 2.30. The maximum Gasteiger partial charge on any atom is 0.222 e. The Kier molecular flexibility index (Phi) is 5.88. The number of carbonyl (C=O) groups excluding carboxylic acids is 1. The minimum atomic E-state index is -0.229. The van der Waals surface area contributed by atoms with Crippen LogP contribution in [-0.4, -0.2) is 17.5 Å². The Morgan fingerprint density at radius 1 is 1.15 bits per heavy atom. The van der Waals surface area contributed by atoms with E-state index in [4.69, 9.17) is 5.73 Å². The summed E-state index contributed by atoms with van der Waals surface area (Å²) in [6.07, 6.45) is 13.8. The summed E-state index contributed by atoms with van der Waals surface area (Å²) in [5, 5.41) is 3.29. The molecule has 2 saturated carbocycles. The Balaban J connectivity index is 1.82. The molecule has 2 aliphatic carbocycles. The van der Waals surface area contributed by atoms with Crippen LogP contribution in [0.25, 0.3) is 0 Å². The lowest BCUT2D eigenvalue weighted by atomic mass is 9.79. The summed E-state index contributed by atoms with van der Waals surface area (Å²) in [6.45, 7) is 2.19. The first-order chi connectivity index (χ1) is 9.63. The molecule has 0 radical (unpaired) electrons. The van der Waals surface area contributed by atoms with Gasteiger partial charge in [0.1, 0.15) is 0 Å². The number of nitrogens with two attached hydrogens (primary N) is 1. The summed E-state index contributed by atoms with van der Waals surface area (Å²) in [5.41, 5.74) is 6.17. The Morgan fingerprint density at radius 2 is 1.75 bits per heavy atom. The quantitative estimate of drug-likeness (QED) is 0.809. The van der Waals surface area contributed by atoms with Crippen LogP contribution >= 0.6 is 0 Å². The number of carbonyl (C=O) groups is 1. The van der Waals surface area contributed by atoms with Crippen LogP contribution in [0.2, 0.25) is 0 Å². The zero-order chi connectivity index (χ0) is 14.4. The molecule has 0 aliphatic heterocycles. The van der Waals surface area contributed by atoms with Gasteiger partial charge < -0.3 is 11.1 Å². The monoisotopic (exact) mass is 280 g/mol. The van der Waals surface area contributed by atoms with Gasteiger partial charge in [-0.3, -0.25) is 4.79 Å². The summed E-state index contributed by atoms with van der Waals surface area (Å²) in [7, 11) is 0. The molecular weight excluding hydrogens is 248 g/mol. The molecule has 0 saturated heterocycles. The fourth-order valence-electron chi connectivity index (χ4n) is 4.10. The van der Waals surface area contributed by atoms with Gasteiger partial charge in [0, 0.05) is 18.0 Å². The molecule has 1 amide bonds. The largest absolute Gasteiger partial charge is 0.353 e. The summed E-state index contributed by atoms with van der Waals surface area (Å²) < 4.78 is 0. The van der Waals surface area contributed by atoms with Crippen LogP contribution in [0.5, 0.6) is 0 Å². The standard InChI is InChI=1S/C17H32N2O/c1-2-15(14-9-5-3-6-10-14)19-16(20)13-17(18)11-7-4-8-12-17/h14-15H,2-13,18H2,1H3,(H,19,20). The van der Waals surface area contributed by atoms with Crippen molar-refractivity contribution in [3.05, 3.63) is 0 Å². The fraction of sp³-hybridized carbons (Fsp3) is 0.941. The molecule has 0 spiro atoms. The third-order valence-corrected chi connectivity index (χ3v) is 5.37. The van der Waals surface area contributed by atoms with Crippen molar-refractivity contribution in [2.45, 2.75) is 95.6 Å². The second kappa shape index (κ2) is 7.44. The Hall–Kier alpha value is -0.570. The first-order valence-corrected chi connectivity index (χ1v) is 8.71. The first-order valence-electron chi connectivity index (χ1n) is 8.71. The molecule has 0 aromatic heterocycles. The number of hydrogen-bond donors (Lipinski definition) is 2. The molecule has 3 nitrogen and oxygen atoms in total. The minimum absolute atomic E-state index is 0.187. The Morgan fingerprint density at radius 3 is 2.35 bits per heavy atom. The van der Waals surface area contributed by atoms with E-state index >= 15 is 0 Å². The Bertz CT molecular complexity index is 304. The highest BCUT2D eigenvalue weighted by molar-refractivity contribution is 5.77. The van der Waals surface area contributed by atoms with Crippen LogP contribution < -0.4 is 11.1 Å². The second-order valence-electron chi connectivity index (χ2n) is 7.08. The molecule has 20 heavy (non-hydrogen) atoms. The molecule has 2 fully saturated rings. The van der Waals surface area contributed by atoms with E-state index in [1.807, 2.05) is 0 Å². The van der Waals surface area contributed by atoms with E-state index in [2.05, 4.69) is 12.2 Å². The molecule has 0 bridgehead atoms. The third kappa shape index (κ3) is 4.47. The van der Waals surface area contributed by atoms with Gasteiger partial charge in [-0.1, -0.05) is 45.4 Å². The van der Waals surface area contributed by atoms with Gasteiger partial charge >= 0.3 is 0 Å². The van der Waals surface area contributed by atoms with E-state index in [-0.39, 0.29) is 11.4 Å². The van der Waals surface area contributed by atoms with Crippen molar-refractivity contribution in [1.82, 2.24) is 5.32 Å². The van der Waals surface area contributed by atoms with Gasteiger partial charge in [-0.15, -0.1) is 0 Å². The number of amides is 1. The third-order valence-electron chi connectivity index (χ3n) is 5.37. The zero-order valence-electron chi connectivity index (χ0n) is 13.1. The molecular formula is C17H32N2O. The average molecular weight is 280 g/mol. The van der Waals surface area contributed by atoms with Crippen LogP contribution in [0.3, 0.4) is 0 Å². The summed E-state index contributed by atoms with van der Waals surface area (Å²) >= 11 is 0. The Labute approximate surface area is 124 Å². The van der Waals surface area contributed by atoms with Gasteiger partial charge in [0.25, 0.3) is 0 Å². The normalized spacial score (nSPS) is 25.1. The molecule has 0 aromatic rings. The van der Waals surface area contributed by atoms with E-state index in [1.165, 1.54) is 51.4 Å². The van der Waals surface area contributed by atoms with Crippen molar-refractivity contribution < 1.29 is 4.79 Å². The van der Waals surface area contributed by atoms with E-state index < -0.39 is 0 Å². The van der Waals surface area contributed by atoms with E-state index in [9.17, 15) is 4.79 Å². The summed E-state index contributed by atoms with van der Waals surface area (Å²) in [5.74, 6) is 0.879. The van der Waals surface area contributed by atoms with Gasteiger partial charge in [-0.2, -0.15) is 0 Å².